The Morgan fingerprint density at radius 3 is 1.86 bits per heavy atom. The van der Waals surface area contributed by atoms with Gasteiger partial charge in [0, 0.05) is 24.5 Å². The molecule has 110 valence electrons. The van der Waals surface area contributed by atoms with Gasteiger partial charge in [0.1, 0.15) is 0 Å². The summed E-state index contributed by atoms with van der Waals surface area (Å²) in [6.07, 6.45) is 0. The second-order valence-electron chi connectivity index (χ2n) is 5.15. The third-order valence-corrected chi connectivity index (χ3v) is 3.04. The van der Waals surface area contributed by atoms with Crippen LogP contribution in [0.3, 0.4) is 0 Å². The summed E-state index contributed by atoms with van der Waals surface area (Å²) in [5.41, 5.74) is 9.10. The lowest BCUT2D eigenvalue weighted by atomic mass is 10.2. The number of aryl methyl sites for hydroxylation is 2. The molecule has 2 aromatic rings. The van der Waals surface area contributed by atoms with Gasteiger partial charge in [-0.2, -0.15) is 0 Å². The zero-order valence-corrected chi connectivity index (χ0v) is 12.4. The highest BCUT2D eigenvalue weighted by molar-refractivity contribution is 5.75. The number of carbonyl (C=O) groups is 1. The number of rotatable bonds is 6. The summed E-state index contributed by atoms with van der Waals surface area (Å²) >= 11 is 0. The third kappa shape index (κ3) is 4.96. The molecule has 2 rings (SSSR count). The maximum atomic E-state index is 11.3. The molecule has 5 heteroatoms. The van der Waals surface area contributed by atoms with Crippen LogP contribution in [0.15, 0.2) is 36.4 Å². The first-order valence-corrected chi connectivity index (χ1v) is 6.88. The van der Waals surface area contributed by atoms with Crippen molar-refractivity contribution < 1.29 is 4.79 Å². The molecule has 0 atom stereocenters. The van der Waals surface area contributed by atoms with E-state index >= 15 is 0 Å². The lowest BCUT2D eigenvalue weighted by molar-refractivity contribution is -0.119. The predicted octanol–water partition coefficient (Wildman–Crippen LogP) is 1.58. The summed E-state index contributed by atoms with van der Waals surface area (Å²) in [5, 5.41) is 0. The molecule has 2 N–H and O–H groups in total. The van der Waals surface area contributed by atoms with E-state index in [-0.39, 0.29) is 12.5 Å². The van der Waals surface area contributed by atoms with Gasteiger partial charge in [0.2, 0.25) is 5.91 Å². The molecule has 0 bridgehead atoms. The second kappa shape index (κ2) is 6.95. The maximum Gasteiger partial charge on any atom is 0.231 e. The van der Waals surface area contributed by atoms with Crippen LogP contribution in [0.25, 0.3) is 0 Å². The molecule has 2 aromatic heterocycles. The van der Waals surface area contributed by atoms with Crippen LogP contribution < -0.4 is 5.73 Å². The van der Waals surface area contributed by atoms with Crippen molar-refractivity contribution in [1.82, 2.24) is 14.9 Å². The molecule has 0 fully saturated rings. The van der Waals surface area contributed by atoms with E-state index in [9.17, 15) is 4.79 Å². The molecule has 21 heavy (non-hydrogen) atoms. The average Bonchev–Trinajstić information content (AvgIpc) is 2.37. The van der Waals surface area contributed by atoms with Gasteiger partial charge in [-0.3, -0.25) is 19.7 Å². The number of primary amides is 1. The summed E-state index contributed by atoms with van der Waals surface area (Å²) < 4.78 is 0. The van der Waals surface area contributed by atoms with Gasteiger partial charge in [0.25, 0.3) is 0 Å². The van der Waals surface area contributed by atoms with Crippen molar-refractivity contribution in [3.8, 4) is 0 Å². The SMILES string of the molecule is Cc1cccc(CN(CC(N)=O)Cc2cccc(C)n2)n1. The number of nitrogens with two attached hydrogens (primary N) is 1. The molecule has 0 aliphatic carbocycles. The number of pyridine rings is 2. The summed E-state index contributed by atoms with van der Waals surface area (Å²) in [6, 6.07) is 11.7. The van der Waals surface area contributed by atoms with E-state index in [4.69, 9.17) is 5.73 Å². The predicted molar refractivity (Wildman–Crippen MR) is 81.3 cm³/mol. The van der Waals surface area contributed by atoms with E-state index in [2.05, 4.69) is 9.97 Å². The van der Waals surface area contributed by atoms with Crippen molar-refractivity contribution in [2.45, 2.75) is 26.9 Å². The van der Waals surface area contributed by atoms with Crippen molar-refractivity contribution in [2.75, 3.05) is 6.54 Å². The number of carbonyl (C=O) groups excluding carboxylic acids is 1. The Bertz CT molecular complexity index is 580. The topological polar surface area (TPSA) is 72.1 Å². The molecule has 0 spiro atoms. The number of hydrogen-bond acceptors (Lipinski definition) is 4. The highest BCUT2D eigenvalue weighted by Crippen LogP contribution is 2.08. The molecule has 0 unspecified atom stereocenters. The van der Waals surface area contributed by atoms with Gasteiger partial charge in [-0.15, -0.1) is 0 Å². The smallest absolute Gasteiger partial charge is 0.231 e. The van der Waals surface area contributed by atoms with Gasteiger partial charge in [0.15, 0.2) is 0 Å². The highest BCUT2D eigenvalue weighted by atomic mass is 16.1. The van der Waals surface area contributed by atoms with E-state index in [1.165, 1.54) is 0 Å². The fraction of sp³-hybridized carbons (Fsp3) is 0.312. The first-order chi connectivity index (χ1) is 10.0. The minimum atomic E-state index is -0.352. The molecular formula is C16H20N4O. The van der Waals surface area contributed by atoms with Crippen LogP contribution >= 0.6 is 0 Å². The summed E-state index contributed by atoms with van der Waals surface area (Å²) in [7, 11) is 0. The largest absolute Gasteiger partial charge is 0.369 e. The van der Waals surface area contributed by atoms with Crippen LogP contribution in [-0.4, -0.2) is 27.3 Å². The van der Waals surface area contributed by atoms with Crippen LogP contribution in [0.1, 0.15) is 22.8 Å². The van der Waals surface area contributed by atoms with Crippen LogP contribution in [0.2, 0.25) is 0 Å². The van der Waals surface area contributed by atoms with E-state index in [0.717, 1.165) is 22.8 Å². The molecule has 5 nitrogen and oxygen atoms in total. The minimum Gasteiger partial charge on any atom is -0.369 e. The van der Waals surface area contributed by atoms with Crippen LogP contribution in [0.4, 0.5) is 0 Å². The minimum absolute atomic E-state index is 0.186. The van der Waals surface area contributed by atoms with Gasteiger partial charge in [-0.25, -0.2) is 0 Å². The zero-order chi connectivity index (χ0) is 15.2. The van der Waals surface area contributed by atoms with Gasteiger partial charge < -0.3 is 5.73 Å². The van der Waals surface area contributed by atoms with Gasteiger partial charge >= 0.3 is 0 Å². The van der Waals surface area contributed by atoms with E-state index in [1.807, 2.05) is 55.1 Å². The lowest BCUT2D eigenvalue weighted by Crippen LogP contribution is -2.33. The Balaban J connectivity index is 2.12. The molecule has 1 amide bonds. The van der Waals surface area contributed by atoms with E-state index in [1.54, 1.807) is 0 Å². The quantitative estimate of drug-likeness (QED) is 0.874. The fourth-order valence-electron chi connectivity index (χ4n) is 2.22. The number of amides is 1. The molecule has 0 saturated carbocycles. The summed E-state index contributed by atoms with van der Waals surface area (Å²) in [6.45, 7) is 5.22. The first-order valence-electron chi connectivity index (χ1n) is 6.88. The maximum absolute atomic E-state index is 11.3. The van der Waals surface area contributed by atoms with E-state index < -0.39 is 0 Å². The monoisotopic (exact) mass is 284 g/mol. The number of hydrogen-bond donors (Lipinski definition) is 1. The normalized spacial score (nSPS) is 10.8. The molecule has 0 saturated heterocycles. The van der Waals surface area contributed by atoms with Crippen molar-refractivity contribution >= 4 is 5.91 Å². The Hall–Kier alpha value is -2.27. The van der Waals surface area contributed by atoms with Gasteiger partial charge in [-0.1, -0.05) is 12.1 Å². The summed E-state index contributed by atoms with van der Waals surface area (Å²) in [4.78, 5) is 22.1. The standard InChI is InChI=1S/C16H20N4O/c1-12-5-3-7-14(18-12)9-20(11-16(17)21)10-15-8-4-6-13(2)19-15/h3-8H,9-11H2,1-2H3,(H2,17,21). The molecule has 0 aliphatic heterocycles. The fourth-order valence-corrected chi connectivity index (χ4v) is 2.22. The molecule has 2 heterocycles. The lowest BCUT2D eigenvalue weighted by Gasteiger charge is -2.20. The van der Waals surface area contributed by atoms with Crippen LogP contribution in [0, 0.1) is 13.8 Å². The average molecular weight is 284 g/mol. The summed E-state index contributed by atoms with van der Waals surface area (Å²) in [5.74, 6) is -0.352. The molecule has 0 aliphatic rings. The van der Waals surface area contributed by atoms with E-state index in [0.29, 0.717) is 13.1 Å². The van der Waals surface area contributed by atoms with Gasteiger partial charge in [0.05, 0.1) is 17.9 Å². The Kier molecular flexibility index (Phi) is 5.00. The molecule has 0 radical (unpaired) electrons. The van der Waals surface area contributed by atoms with Crippen molar-refractivity contribution in [3.05, 3.63) is 59.2 Å². The zero-order valence-electron chi connectivity index (χ0n) is 12.4. The van der Waals surface area contributed by atoms with Crippen molar-refractivity contribution in [2.24, 2.45) is 5.73 Å². The van der Waals surface area contributed by atoms with Crippen molar-refractivity contribution in [3.63, 3.8) is 0 Å². The van der Waals surface area contributed by atoms with Gasteiger partial charge in [-0.05, 0) is 38.1 Å². The third-order valence-electron chi connectivity index (χ3n) is 3.04. The number of aromatic nitrogens is 2. The first kappa shape index (κ1) is 15.1. The Morgan fingerprint density at radius 1 is 1.00 bits per heavy atom. The number of nitrogens with zero attached hydrogens (tertiary/aromatic N) is 3. The highest BCUT2D eigenvalue weighted by Gasteiger charge is 2.11. The Morgan fingerprint density at radius 2 is 1.48 bits per heavy atom. The Labute approximate surface area is 124 Å². The van der Waals surface area contributed by atoms with Crippen LogP contribution in [0.5, 0.6) is 0 Å². The molecule has 0 aromatic carbocycles. The molecular weight excluding hydrogens is 264 g/mol. The van der Waals surface area contributed by atoms with Crippen molar-refractivity contribution in [1.29, 1.82) is 0 Å². The second-order valence-corrected chi connectivity index (χ2v) is 5.15. The van der Waals surface area contributed by atoms with Crippen LogP contribution in [-0.2, 0) is 17.9 Å².